The van der Waals surface area contributed by atoms with E-state index < -0.39 is 5.97 Å². The van der Waals surface area contributed by atoms with Gasteiger partial charge in [0, 0.05) is 30.2 Å². The molecule has 3 aromatic carbocycles. The molecule has 1 saturated heterocycles. The lowest BCUT2D eigenvalue weighted by atomic mass is 9.98. The number of aromatic nitrogens is 2. The fourth-order valence-corrected chi connectivity index (χ4v) is 5.35. The normalized spacial score (nSPS) is 16.5. The van der Waals surface area contributed by atoms with Crippen LogP contribution in [0, 0.1) is 0 Å². The first-order chi connectivity index (χ1) is 19.5. The van der Waals surface area contributed by atoms with Crippen molar-refractivity contribution in [1.29, 1.82) is 0 Å². The maximum atomic E-state index is 13.6. The molecule has 0 unspecified atom stereocenters. The third-order valence-corrected chi connectivity index (χ3v) is 7.83. The van der Waals surface area contributed by atoms with E-state index >= 15 is 0 Å². The smallest absolute Gasteiger partial charge is 0.337 e. The van der Waals surface area contributed by atoms with Gasteiger partial charge in [-0.2, -0.15) is 0 Å². The Balaban J connectivity index is 1.20. The summed E-state index contributed by atoms with van der Waals surface area (Å²) in [4.78, 5) is 32.5. The Kier molecular flexibility index (Phi) is 7.45. The van der Waals surface area contributed by atoms with Gasteiger partial charge in [-0.3, -0.25) is 4.79 Å². The molecule has 0 N–H and O–H groups in total. The number of imidazole rings is 1. The second-order valence-corrected chi connectivity index (χ2v) is 10.6. The fraction of sp³-hybridized carbons (Fsp3) is 0.323. The highest BCUT2D eigenvalue weighted by atomic mass is 35.5. The number of amides is 1. The van der Waals surface area contributed by atoms with Crippen LogP contribution < -0.4 is 4.74 Å². The molecule has 0 bridgehead atoms. The molecule has 3 heterocycles. The van der Waals surface area contributed by atoms with Crippen LogP contribution in [0.5, 0.6) is 5.75 Å². The van der Waals surface area contributed by atoms with Crippen LogP contribution in [-0.2, 0) is 35.4 Å². The summed E-state index contributed by atoms with van der Waals surface area (Å²) in [5.41, 5.74) is 4.87. The Morgan fingerprint density at radius 2 is 1.95 bits per heavy atom. The summed E-state index contributed by atoms with van der Waals surface area (Å²) in [6.45, 7) is 2.80. The number of carbonyl (C=O) groups is 2. The van der Waals surface area contributed by atoms with E-state index in [1.165, 1.54) is 7.11 Å². The molecule has 9 heteroatoms. The fourth-order valence-electron chi connectivity index (χ4n) is 5.22. The first-order valence-corrected chi connectivity index (χ1v) is 13.8. The summed E-state index contributed by atoms with van der Waals surface area (Å²) in [6, 6.07) is 18.8. The molecule has 0 radical (unpaired) electrons. The Bertz CT molecular complexity index is 1560. The molecule has 0 spiro atoms. The topological polar surface area (TPSA) is 82.9 Å². The van der Waals surface area contributed by atoms with Gasteiger partial charge in [-0.15, -0.1) is 0 Å². The van der Waals surface area contributed by atoms with Crippen LogP contribution in [0.1, 0.15) is 44.1 Å². The van der Waals surface area contributed by atoms with Gasteiger partial charge in [0.15, 0.2) is 0 Å². The Morgan fingerprint density at radius 1 is 1.12 bits per heavy atom. The summed E-state index contributed by atoms with van der Waals surface area (Å²) in [5.74, 6) is 0.996. The second-order valence-electron chi connectivity index (χ2n) is 10.1. The number of hydrogen-bond donors (Lipinski definition) is 0. The van der Waals surface area contributed by atoms with Gasteiger partial charge in [-0.1, -0.05) is 29.8 Å². The number of halogens is 1. The molecule has 1 amide bonds. The van der Waals surface area contributed by atoms with E-state index in [1.54, 1.807) is 12.1 Å². The Morgan fingerprint density at radius 3 is 2.70 bits per heavy atom. The molecule has 1 fully saturated rings. The van der Waals surface area contributed by atoms with E-state index in [0.717, 1.165) is 53.9 Å². The molecule has 40 heavy (non-hydrogen) atoms. The summed E-state index contributed by atoms with van der Waals surface area (Å²) in [7, 11) is 1.37. The van der Waals surface area contributed by atoms with Crippen LogP contribution in [0.25, 0.3) is 11.0 Å². The van der Waals surface area contributed by atoms with Gasteiger partial charge in [-0.05, 0) is 66.4 Å². The molecule has 8 nitrogen and oxygen atoms in total. The molecule has 6 rings (SSSR count). The Hall–Kier alpha value is -3.88. The van der Waals surface area contributed by atoms with Gasteiger partial charge >= 0.3 is 5.97 Å². The molecule has 206 valence electrons. The quantitative estimate of drug-likeness (QED) is 0.266. The van der Waals surface area contributed by atoms with E-state index in [9.17, 15) is 9.59 Å². The van der Waals surface area contributed by atoms with Crippen LogP contribution in [0.3, 0.4) is 0 Å². The molecular weight excluding hydrogens is 530 g/mol. The SMILES string of the molecule is COC(=O)c1ccc2nc(CN3CCc4ccc(OCCc5ccc(Cl)cc5)cc4C3=O)n(C[C@@H]3CCO3)c2c1. The summed E-state index contributed by atoms with van der Waals surface area (Å²) >= 11 is 5.97. The highest BCUT2D eigenvalue weighted by Gasteiger charge is 2.28. The van der Waals surface area contributed by atoms with Crippen molar-refractivity contribution in [3.8, 4) is 5.75 Å². The number of carbonyl (C=O) groups excluding carboxylic acids is 2. The van der Waals surface area contributed by atoms with Crippen molar-refractivity contribution >= 4 is 34.5 Å². The van der Waals surface area contributed by atoms with E-state index in [1.807, 2.05) is 53.4 Å². The minimum Gasteiger partial charge on any atom is -0.493 e. The van der Waals surface area contributed by atoms with Crippen LogP contribution >= 0.6 is 11.6 Å². The number of benzene rings is 3. The number of fused-ring (bicyclic) bond motifs is 2. The highest BCUT2D eigenvalue weighted by molar-refractivity contribution is 6.30. The molecule has 2 aliphatic heterocycles. The standard InChI is InChI=1S/C31H30ClN3O5/c1-38-31(37)22-5-9-27-28(16-22)35(18-25-12-15-40-25)29(33-27)19-34-13-10-21-4-8-24(17-26(21)30(34)36)39-14-11-20-2-6-23(32)7-3-20/h2-9,16-17,25H,10-15,18-19H2,1H3/t25-/m0/s1. The maximum absolute atomic E-state index is 13.6. The van der Waals surface area contributed by atoms with Crippen molar-refractivity contribution < 1.29 is 23.8 Å². The molecule has 4 aromatic rings. The van der Waals surface area contributed by atoms with Crippen molar-refractivity contribution in [1.82, 2.24) is 14.5 Å². The maximum Gasteiger partial charge on any atom is 0.337 e. The van der Waals surface area contributed by atoms with Crippen molar-refractivity contribution in [2.24, 2.45) is 0 Å². The summed E-state index contributed by atoms with van der Waals surface area (Å²) < 4.78 is 18.7. The van der Waals surface area contributed by atoms with Crippen molar-refractivity contribution in [2.45, 2.75) is 38.5 Å². The van der Waals surface area contributed by atoms with Crippen LogP contribution in [0.2, 0.25) is 5.02 Å². The predicted octanol–water partition coefficient (Wildman–Crippen LogP) is 5.09. The zero-order chi connectivity index (χ0) is 27.6. The highest BCUT2D eigenvalue weighted by Crippen LogP contribution is 2.28. The van der Waals surface area contributed by atoms with E-state index in [2.05, 4.69) is 4.57 Å². The number of hydrogen-bond acceptors (Lipinski definition) is 6. The molecule has 0 aliphatic carbocycles. The number of esters is 1. The summed E-state index contributed by atoms with van der Waals surface area (Å²) in [5, 5.41) is 0.709. The molecule has 1 atom stereocenters. The number of methoxy groups -OCH3 is 1. The number of nitrogens with zero attached hydrogens (tertiary/aromatic N) is 3. The molecule has 1 aromatic heterocycles. The zero-order valence-electron chi connectivity index (χ0n) is 22.3. The predicted molar refractivity (Wildman–Crippen MR) is 151 cm³/mol. The van der Waals surface area contributed by atoms with E-state index in [0.29, 0.717) is 48.1 Å². The molecule has 0 saturated carbocycles. The lowest BCUT2D eigenvalue weighted by Crippen LogP contribution is -2.38. The van der Waals surface area contributed by atoms with E-state index in [4.69, 9.17) is 30.8 Å². The number of rotatable bonds is 9. The first kappa shape index (κ1) is 26.3. The third kappa shape index (κ3) is 5.42. The first-order valence-electron chi connectivity index (χ1n) is 13.5. The average molecular weight is 560 g/mol. The minimum absolute atomic E-state index is 0.0434. The Labute approximate surface area is 237 Å². The average Bonchev–Trinajstić information content (AvgIpc) is 3.29. The van der Waals surface area contributed by atoms with Gasteiger partial charge < -0.3 is 23.7 Å². The second kappa shape index (κ2) is 11.3. The third-order valence-electron chi connectivity index (χ3n) is 7.58. The van der Waals surface area contributed by atoms with Gasteiger partial charge in [0.05, 0.1) is 49.5 Å². The van der Waals surface area contributed by atoms with Crippen molar-refractivity contribution in [3.05, 3.63) is 93.8 Å². The van der Waals surface area contributed by atoms with Crippen molar-refractivity contribution in [3.63, 3.8) is 0 Å². The lowest BCUT2D eigenvalue weighted by Gasteiger charge is -2.30. The summed E-state index contributed by atoms with van der Waals surface area (Å²) in [6.07, 6.45) is 2.55. The van der Waals surface area contributed by atoms with Crippen LogP contribution in [-0.4, -0.2) is 59.3 Å². The zero-order valence-corrected chi connectivity index (χ0v) is 23.0. The van der Waals surface area contributed by atoms with Gasteiger partial charge in [0.25, 0.3) is 5.91 Å². The largest absolute Gasteiger partial charge is 0.493 e. The molecular formula is C31H30ClN3O5. The molecule has 2 aliphatic rings. The minimum atomic E-state index is -0.398. The van der Waals surface area contributed by atoms with Crippen molar-refractivity contribution in [2.75, 3.05) is 26.9 Å². The lowest BCUT2D eigenvalue weighted by molar-refractivity contribution is -0.0591. The number of ether oxygens (including phenoxy) is 3. The monoisotopic (exact) mass is 559 g/mol. The van der Waals surface area contributed by atoms with Crippen LogP contribution in [0.4, 0.5) is 0 Å². The van der Waals surface area contributed by atoms with Gasteiger partial charge in [0.1, 0.15) is 11.6 Å². The van der Waals surface area contributed by atoms with Crippen LogP contribution in [0.15, 0.2) is 60.7 Å². The van der Waals surface area contributed by atoms with Gasteiger partial charge in [0.2, 0.25) is 0 Å². The van der Waals surface area contributed by atoms with E-state index in [-0.39, 0.29) is 12.0 Å². The van der Waals surface area contributed by atoms with Gasteiger partial charge in [-0.25, -0.2) is 9.78 Å².